The van der Waals surface area contributed by atoms with E-state index < -0.39 is 5.60 Å². The molecule has 0 unspecified atom stereocenters. The third kappa shape index (κ3) is 4.66. The van der Waals surface area contributed by atoms with E-state index in [1.807, 2.05) is 32.7 Å². The van der Waals surface area contributed by atoms with Crippen LogP contribution >= 0.6 is 11.6 Å². The number of halogens is 1. The van der Waals surface area contributed by atoms with Crippen molar-refractivity contribution in [3.05, 3.63) is 11.2 Å². The first-order valence-electron chi connectivity index (χ1n) is 9.64. The molecule has 3 heterocycles. The largest absolute Gasteiger partial charge is 0.444 e. The second kappa shape index (κ2) is 8.11. The molecule has 2 aliphatic heterocycles. The van der Waals surface area contributed by atoms with E-state index in [1.54, 1.807) is 11.0 Å². The average Bonchev–Trinajstić information content (AvgIpc) is 2.86. The van der Waals surface area contributed by atoms with Crippen LogP contribution in [-0.4, -0.2) is 64.8 Å². The van der Waals surface area contributed by atoms with Gasteiger partial charge in [-0.1, -0.05) is 11.6 Å². The fourth-order valence-corrected chi connectivity index (χ4v) is 4.21. The first-order chi connectivity index (χ1) is 13.2. The molecule has 28 heavy (non-hydrogen) atoms. The van der Waals surface area contributed by atoms with Gasteiger partial charge < -0.3 is 24.6 Å². The molecule has 0 radical (unpaired) electrons. The van der Waals surface area contributed by atoms with Crippen molar-refractivity contribution in [1.82, 2.24) is 15.1 Å². The van der Waals surface area contributed by atoms with Crippen molar-refractivity contribution in [3.63, 3.8) is 0 Å². The van der Waals surface area contributed by atoms with Crippen LogP contribution < -0.4 is 10.2 Å². The molecular weight excluding hydrogens is 382 g/mol. The molecule has 2 fully saturated rings. The summed E-state index contributed by atoms with van der Waals surface area (Å²) < 4.78 is 5.59. The van der Waals surface area contributed by atoms with Gasteiger partial charge in [0.05, 0.1) is 12.2 Å². The van der Waals surface area contributed by atoms with Gasteiger partial charge in [0.1, 0.15) is 11.9 Å². The normalized spacial score (nSPS) is 24.0. The van der Waals surface area contributed by atoms with Crippen molar-refractivity contribution in [3.8, 4) is 0 Å². The lowest BCUT2D eigenvalue weighted by atomic mass is 9.97. The van der Waals surface area contributed by atoms with Crippen molar-refractivity contribution < 1.29 is 14.3 Å². The Balaban J connectivity index is 1.70. The van der Waals surface area contributed by atoms with Crippen LogP contribution in [-0.2, 0) is 9.53 Å². The first kappa shape index (κ1) is 20.6. The van der Waals surface area contributed by atoms with Crippen LogP contribution in [0.1, 0.15) is 46.5 Å². The predicted octanol–water partition coefficient (Wildman–Crippen LogP) is 3.11. The summed E-state index contributed by atoms with van der Waals surface area (Å²) in [6, 6.07) is 2.17. The number of nitrogens with one attached hydrogen (secondary N) is 1. The number of aldehydes is 1. The maximum atomic E-state index is 12.6. The summed E-state index contributed by atoms with van der Waals surface area (Å²) in [4.78, 5) is 27.2. The molecule has 2 aliphatic rings. The summed E-state index contributed by atoms with van der Waals surface area (Å²) >= 11 is 5.99. The molecule has 2 bridgehead atoms. The van der Waals surface area contributed by atoms with Gasteiger partial charge in [-0.15, -0.1) is 10.2 Å². The summed E-state index contributed by atoms with van der Waals surface area (Å²) in [6.45, 7) is 5.89. The van der Waals surface area contributed by atoms with Crippen LogP contribution in [0.2, 0.25) is 5.15 Å². The number of nitrogens with zero attached hydrogens (tertiary/aromatic N) is 4. The highest BCUT2D eigenvalue weighted by Crippen LogP contribution is 2.38. The number of piperidine rings is 1. The highest BCUT2D eigenvalue weighted by molar-refractivity contribution is 6.29. The molecular formula is C19H28ClN5O3. The van der Waals surface area contributed by atoms with Gasteiger partial charge in [0.2, 0.25) is 0 Å². The smallest absolute Gasteiger partial charge is 0.410 e. The molecule has 1 aromatic rings. The van der Waals surface area contributed by atoms with E-state index in [4.69, 9.17) is 16.3 Å². The number of hydrogen-bond acceptors (Lipinski definition) is 7. The molecule has 0 saturated carbocycles. The zero-order valence-corrected chi connectivity index (χ0v) is 17.6. The van der Waals surface area contributed by atoms with E-state index in [9.17, 15) is 9.59 Å². The van der Waals surface area contributed by atoms with E-state index in [1.165, 1.54) is 0 Å². The standard InChI is InChI=1S/C19H28ClN5O3/c1-19(2,3)28-18(27)25-13-5-6-14(25)10-12(9-13)21-17-15(24(4)7-8-26)11-16(20)22-23-17/h8,11-14H,5-7,9-10H2,1-4H3,(H,21,23)/t12-,13-,14+. The van der Waals surface area contributed by atoms with E-state index in [-0.39, 0.29) is 35.9 Å². The van der Waals surface area contributed by atoms with Gasteiger partial charge in [0.25, 0.3) is 0 Å². The van der Waals surface area contributed by atoms with Crippen molar-refractivity contribution >= 4 is 35.5 Å². The number of fused-ring (bicyclic) bond motifs is 2. The zero-order valence-electron chi connectivity index (χ0n) is 16.8. The maximum absolute atomic E-state index is 12.6. The fourth-order valence-electron chi connectivity index (χ4n) is 4.06. The molecule has 3 atom stereocenters. The fraction of sp³-hybridized carbons (Fsp3) is 0.684. The lowest BCUT2D eigenvalue weighted by Gasteiger charge is -2.40. The van der Waals surface area contributed by atoms with Crippen molar-refractivity contribution in [1.29, 1.82) is 0 Å². The number of carbonyl (C=O) groups excluding carboxylic acids is 2. The quantitative estimate of drug-likeness (QED) is 0.747. The lowest BCUT2D eigenvalue weighted by Crippen LogP contribution is -2.51. The molecule has 1 aromatic heterocycles. The highest BCUT2D eigenvalue weighted by Gasteiger charge is 2.45. The van der Waals surface area contributed by atoms with Crippen LogP contribution in [0.3, 0.4) is 0 Å². The SMILES string of the molecule is CN(CC=O)c1cc(Cl)nnc1N[C@@H]1C[C@H]2CC[C@@H](C1)N2C(=O)OC(C)(C)C. The second-order valence-corrected chi connectivity index (χ2v) is 8.92. The average molecular weight is 410 g/mol. The second-order valence-electron chi connectivity index (χ2n) is 8.53. The van der Waals surface area contributed by atoms with Crippen molar-refractivity contribution in [2.45, 2.75) is 70.2 Å². The minimum Gasteiger partial charge on any atom is -0.444 e. The maximum Gasteiger partial charge on any atom is 0.410 e. The number of likely N-dealkylation sites (N-methyl/N-ethyl adjacent to an activating group) is 1. The van der Waals surface area contributed by atoms with E-state index in [0.717, 1.165) is 37.7 Å². The molecule has 1 amide bonds. The van der Waals surface area contributed by atoms with Gasteiger partial charge in [-0.05, 0) is 46.5 Å². The Bertz CT molecular complexity index is 725. The third-order valence-electron chi connectivity index (χ3n) is 5.18. The molecule has 0 aliphatic carbocycles. The van der Waals surface area contributed by atoms with Gasteiger partial charge in [-0.2, -0.15) is 0 Å². The van der Waals surface area contributed by atoms with Crippen molar-refractivity contribution in [2.24, 2.45) is 0 Å². The van der Waals surface area contributed by atoms with Gasteiger partial charge >= 0.3 is 6.09 Å². The molecule has 154 valence electrons. The molecule has 2 saturated heterocycles. The van der Waals surface area contributed by atoms with Crippen LogP contribution in [0.15, 0.2) is 6.07 Å². The van der Waals surface area contributed by atoms with E-state index in [0.29, 0.717) is 5.82 Å². The number of anilines is 2. The minimum atomic E-state index is -0.497. The Morgan fingerprint density at radius 3 is 2.57 bits per heavy atom. The molecule has 0 aromatic carbocycles. The van der Waals surface area contributed by atoms with Crippen LogP contribution in [0.25, 0.3) is 0 Å². The first-order valence-corrected chi connectivity index (χ1v) is 10.0. The summed E-state index contributed by atoms with van der Waals surface area (Å²) in [7, 11) is 1.81. The monoisotopic (exact) mass is 409 g/mol. The van der Waals surface area contributed by atoms with Crippen molar-refractivity contribution in [2.75, 3.05) is 23.8 Å². The topological polar surface area (TPSA) is 87.7 Å². The molecule has 1 N–H and O–H groups in total. The van der Waals surface area contributed by atoms with Crippen LogP contribution in [0.4, 0.5) is 16.3 Å². The number of aromatic nitrogens is 2. The summed E-state index contributed by atoms with van der Waals surface area (Å²) in [5.74, 6) is 0.601. The lowest BCUT2D eigenvalue weighted by molar-refractivity contribution is -0.106. The molecule has 3 rings (SSSR count). The number of rotatable bonds is 5. The number of ether oxygens (including phenoxy) is 1. The van der Waals surface area contributed by atoms with Crippen LogP contribution in [0, 0.1) is 0 Å². The highest BCUT2D eigenvalue weighted by atomic mass is 35.5. The molecule has 9 heteroatoms. The third-order valence-corrected chi connectivity index (χ3v) is 5.37. The Hall–Kier alpha value is -2.09. The van der Waals surface area contributed by atoms with E-state index >= 15 is 0 Å². The molecule has 8 nitrogen and oxygen atoms in total. The minimum absolute atomic E-state index is 0.155. The zero-order chi connectivity index (χ0) is 20.5. The number of carbonyl (C=O) groups is 2. The number of amides is 1. The number of hydrogen-bond donors (Lipinski definition) is 1. The summed E-state index contributed by atoms with van der Waals surface area (Å²) in [6.07, 6.45) is 4.19. The van der Waals surface area contributed by atoms with Gasteiger partial charge in [0.15, 0.2) is 11.0 Å². The molecule has 0 spiro atoms. The predicted molar refractivity (Wildman–Crippen MR) is 108 cm³/mol. The van der Waals surface area contributed by atoms with Gasteiger partial charge in [-0.25, -0.2) is 4.79 Å². The van der Waals surface area contributed by atoms with Gasteiger partial charge in [0, 0.05) is 31.2 Å². The Morgan fingerprint density at radius 2 is 2.00 bits per heavy atom. The Morgan fingerprint density at radius 1 is 1.36 bits per heavy atom. The summed E-state index contributed by atoms with van der Waals surface area (Å²) in [5, 5.41) is 11.9. The summed E-state index contributed by atoms with van der Waals surface area (Å²) in [5.41, 5.74) is 0.233. The Labute approximate surface area is 170 Å². The van der Waals surface area contributed by atoms with Gasteiger partial charge in [-0.3, -0.25) is 0 Å². The van der Waals surface area contributed by atoms with E-state index in [2.05, 4.69) is 15.5 Å². The Kier molecular flexibility index (Phi) is 5.98. The van der Waals surface area contributed by atoms with Crippen LogP contribution in [0.5, 0.6) is 0 Å².